The van der Waals surface area contributed by atoms with Gasteiger partial charge in [0.15, 0.2) is 11.5 Å². The van der Waals surface area contributed by atoms with E-state index >= 15 is 0 Å². The number of ether oxygens (including phenoxy) is 3. The molecule has 0 spiro atoms. The van der Waals surface area contributed by atoms with Crippen molar-refractivity contribution in [1.82, 2.24) is 0 Å². The third-order valence-corrected chi connectivity index (χ3v) is 5.97. The molecule has 1 atom stereocenters. The van der Waals surface area contributed by atoms with E-state index in [0.717, 1.165) is 0 Å². The van der Waals surface area contributed by atoms with Crippen molar-refractivity contribution < 1.29 is 28.9 Å². The molecule has 0 aromatic heterocycles. The van der Waals surface area contributed by atoms with Gasteiger partial charge in [0.1, 0.15) is 24.7 Å². The lowest BCUT2D eigenvalue weighted by Crippen LogP contribution is -2.29. The van der Waals surface area contributed by atoms with Crippen LogP contribution in [-0.4, -0.2) is 37.1 Å². The fraction of sp³-hybridized carbons (Fsp3) is 0.148. The van der Waals surface area contributed by atoms with Crippen LogP contribution in [0.1, 0.15) is 22.7 Å². The third kappa shape index (κ3) is 3.73. The Morgan fingerprint density at radius 1 is 1.03 bits per heavy atom. The maximum absolute atomic E-state index is 13.3. The molecule has 0 saturated carbocycles. The summed E-state index contributed by atoms with van der Waals surface area (Å²) < 4.78 is 16.7. The van der Waals surface area contributed by atoms with E-state index in [4.69, 9.17) is 19.5 Å². The zero-order valence-electron chi connectivity index (χ0n) is 18.7. The van der Waals surface area contributed by atoms with Crippen LogP contribution in [0.3, 0.4) is 0 Å². The van der Waals surface area contributed by atoms with E-state index in [0.29, 0.717) is 52.8 Å². The topological polar surface area (TPSA) is 109 Å². The maximum Gasteiger partial charge on any atom is 0.300 e. The number of hydrogen-bond donors (Lipinski definition) is 1. The minimum atomic E-state index is -0.965. The van der Waals surface area contributed by atoms with Gasteiger partial charge in [-0.15, -0.1) is 0 Å². The van der Waals surface area contributed by atoms with Crippen LogP contribution in [0.4, 0.5) is 5.69 Å². The summed E-state index contributed by atoms with van der Waals surface area (Å²) >= 11 is 0. The first-order valence-electron chi connectivity index (χ1n) is 10.9. The largest absolute Gasteiger partial charge is 0.507 e. The van der Waals surface area contributed by atoms with Gasteiger partial charge in [-0.25, -0.2) is 0 Å². The van der Waals surface area contributed by atoms with Crippen molar-refractivity contribution in [3.8, 4) is 23.3 Å². The predicted molar refractivity (Wildman–Crippen MR) is 126 cm³/mol. The van der Waals surface area contributed by atoms with Gasteiger partial charge in [-0.05, 0) is 48.5 Å². The number of benzene rings is 3. The highest BCUT2D eigenvalue weighted by atomic mass is 16.6. The average molecular weight is 468 g/mol. The van der Waals surface area contributed by atoms with Gasteiger partial charge >= 0.3 is 0 Å². The molecule has 8 nitrogen and oxygen atoms in total. The summed E-state index contributed by atoms with van der Waals surface area (Å²) in [5.41, 5.74) is 1.57. The molecule has 2 aliphatic heterocycles. The zero-order valence-corrected chi connectivity index (χ0v) is 18.7. The predicted octanol–water partition coefficient (Wildman–Crippen LogP) is 3.96. The van der Waals surface area contributed by atoms with Crippen LogP contribution in [0.5, 0.6) is 17.2 Å². The number of para-hydroxylation sites is 1. The van der Waals surface area contributed by atoms with Gasteiger partial charge in [-0.1, -0.05) is 18.2 Å². The number of rotatable bonds is 4. The Balaban J connectivity index is 1.71. The summed E-state index contributed by atoms with van der Waals surface area (Å²) in [5, 5.41) is 20.5. The Morgan fingerprint density at radius 2 is 1.74 bits per heavy atom. The molecule has 2 aliphatic rings. The second-order valence-electron chi connectivity index (χ2n) is 7.93. The summed E-state index contributed by atoms with van der Waals surface area (Å²) in [6, 6.07) is 19.2. The van der Waals surface area contributed by atoms with Crippen LogP contribution >= 0.6 is 0 Å². The molecule has 1 saturated heterocycles. The molecule has 8 heteroatoms. The number of ketones is 1. The monoisotopic (exact) mass is 468 g/mol. The number of nitrogens with zero attached hydrogens (tertiary/aromatic N) is 2. The molecule has 1 unspecified atom stereocenters. The minimum absolute atomic E-state index is 0.0828. The molecule has 3 aromatic carbocycles. The first kappa shape index (κ1) is 22.0. The van der Waals surface area contributed by atoms with E-state index in [9.17, 15) is 14.7 Å². The Morgan fingerprint density at radius 3 is 2.46 bits per heavy atom. The van der Waals surface area contributed by atoms with Gasteiger partial charge in [0.2, 0.25) is 0 Å². The second-order valence-corrected chi connectivity index (χ2v) is 7.93. The summed E-state index contributed by atoms with van der Waals surface area (Å²) in [5.74, 6) is -0.552. The standard InChI is InChI=1S/C27H20N2O6/c1-33-20-5-3-2-4-19(20)24-23(25(30)17-8-11-21-22(14-17)35-13-12-34-21)26(31)27(32)29(24)18-9-6-16(15-28)7-10-18/h2-11,14,24,30H,12-13H2,1H3/b25-23+. The smallest absolute Gasteiger partial charge is 0.300 e. The molecule has 0 radical (unpaired) electrons. The number of aliphatic hydroxyl groups is 1. The van der Waals surface area contributed by atoms with E-state index in [-0.39, 0.29) is 11.3 Å². The molecular weight excluding hydrogens is 448 g/mol. The molecule has 174 valence electrons. The van der Waals surface area contributed by atoms with Crippen LogP contribution in [0.2, 0.25) is 0 Å². The number of methoxy groups -OCH3 is 1. The number of Topliss-reactive ketones (excluding diaryl/α,β-unsaturated/α-hetero) is 1. The highest BCUT2D eigenvalue weighted by Crippen LogP contribution is 2.45. The third-order valence-electron chi connectivity index (χ3n) is 5.97. The summed E-state index contributed by atoms with van der Waals surface area (Å²) in [6.45, 7) is 0.781. The lowest BCUT2D eigenvalue weighted by atomic mass is 9.94. The molecule has 0 bridgehead atoms. The van der Waals surface area contributed by atoms with E-state index in [1.165, 1.54) is 12.0 Å². The van der Waals surface area contributed by atoms with Crippen molar-refractivity contribution in [3.05, 3.63) is 89.0 Å². The van der Waals surface area contributed by atoms with Crippen molar-refractivity contribution in [2.24, 2.45) is 0 Å². The van der Waals surface area contributed by atoms with Gasteiger partial charge in [0.05, 0.1) is 30.4 Å². The van der Waals surface area contributed by atoms with Crippen molar-refractivity contribution in [1.29, 1.82) is 5.26 Å². The Labute approximate surface area is 201 Å². The van der Waals surface area contributed by atoms with Crippen molar-refractivity contribution in [2.45, 2.75) is 6.04 Å². The highest BCUT2D eigenvalue weighted by Gasteiger charge is 2.48. The molecule has 35 heavy (non-hydrogen) atoms. The zero-order chi connectivity index (χ0) is 24.5. The summed E-state index contributed by atoms with van der Waals surface area (Å²) in [7, 11) is 1.49. The Bertz CT molecular complexity index is 1400. The van der Waals surface area contributed by atoms with Crippen molar-refractivity contribution in [3.63, 3.8) is 0 Å². The van der Waals surface area contributed by atoms with Crippen LogP contribution in [0, 0.1) is 11.3 Å². The molecule has 1 N–H and O–H groups in total. The lowest BCUT2D eigenvalue weighted by molar-refractivity contribution is -0.132. The quantitative estimate of drug-likeness (QED) is 0.351. The number of fused-ring (bicyclic) bond motifs is 1. The number of aliphatic hydroxyl groups excluding tert-OH is 1. The minimum Gasteiger partial charge on any atom is -0.507 e. The molecule has 3 aromatic rings. The molecule has 0 aliphatic carbocycles. The molecule has 2 heterocycles. The van der Waals surface area contributed by atoms with Crippen molar-refractivity contribution in [2.75, 3.05) is 25.2 Å². The lowest BCUT2D eigenvalue weighted by Gasteiger charge is -2.26. The number of amides is 1. The first-order valence-corrected chi connectivity index (χ1v) is 10.9. The van der Waals surface area contributed by atoms with Crippen LogP contribution in [0.25, 0.3) is 5.76 Å². The molecule has 1 amide bonds. The average Bonchev–Trinajstić information content (AvgIpc) is 3.17. The van der Waals surface area contributed by atoms with Gasteiger partial charge in [-0.2, -0.15) is 5.26 Å². The Kier molecular flexibility index (Phi) is 5.59. The summed E-state index contributed by atoms with van der Waals surface area (Å²) in [6.07, 6.45) is 0. The number of carbonyl (C=O) groups excluding carboxylic acids is 2. The molecule has 1 fully saturated rings. The van der Waals surface area contributed by atoms with Gasteiger partial charge < -0.3 is 19.3 Å². The number of carbonyl (C=O) groups is 2. The van der Waals surface area contributed by atoms with Gasteiger partial charge in [-0.3, -0.25) is 14.5 Å². The first-order chi connectivity index (χ1) is 17.0. The van der Waals surface area contributed by atoms with Crippen LogP contribution < -0.4 is 19.1 Å². The maximum atomic E-state index is 13.3. The van der Waals surface area contributed by atoms with E-state index < -0.39 is 17.7 Å². The fourth-order valence-electron chi connectivity index (χ4n) is 4.33. The normalized spacial score (nSPS) is 18.3. The van der Waals surface area contributed by atoms with E-state index in [1.54, 1.807) is 66.7 Å². The highest BCUT2D eigenvalue weighted by molar-refractivity contribution is 6.51. The number of anilines is 1. The van der Waals surface area contributed by atoms with Gasteiger partial charge in [0, 0.05) is 16.8 Å². The fourth-order valence-corrected chi connectivity index (χ4v) is 4.33. The molecular formula is C27H20N2O6. The van der Waals surface area contributed by atoms with E-state index in [2.05, 4.69) is 0 Å². The van der Waals surface area contributed by atoms with Crippen LogP contribution in [0.15, 0.2) is 72.3 Å². The number of nitriles is 1. The second kappa shape index (κ2) is 8.88. The SMILES string of the molecule is COc1ccccc1C1/C(=C(\O)c2ccc3c(c2)OCCO3)C(=O)C(=O)N1c1ccc(C#N)cc1. The van der Waals surface area contributed by atoms with Gasteiger partial charge in [0.25, 0.3) is 11.7 Å². The van der Waals surface area contributed by atoms with Crippen molar-refractivity contribution >= 4 is 23.1 Å². The summed E-state index contributed by atoms with van der Waals surface area (Å²) in [4.78, 5) is 28.0. The van der Waals surface area contributed by atoms with E-state index in [1.807, 2.05) is 6.07 Å². The Hall–Kier alpha value is -4.77. The molecule has 5 rings (SSSR count). The number of hydrogen-bond acceptors (Lipinski definition) is 7. The van der Waals surface area contributed by atoms with Crippen LogP contribution in [-0.2, 0) is 9.59 Å².